The molecule has 2 aromatic carbocycles. The van der Waals surface area contributed by atoms with Crippen LogP contribution in [0.25, 0.3) is 11.5 Å². The molecule has 0 aliphatic rings. The number of benzene rings is 2. The maximum atomic E-state index is 12.3. The van der Waals surface area contributed by atoms with Crippen LogP contribution in [0.3, 0.4) is 0 Å². The fraction of sp³-hybridized carbons (Fsp3) is 0.211. The lowest BCUT2D eigenvalue weighted by Gasteiger charge is -2.13. The standard InChI is InChI=1S/C19H20N4O2S/c1-23(12-17(24)20-15-10-6-7-11-16(15)26-2)13-18-21-22-19(25-18)14-8-4-3-5-9-14/h3-11H,12-13H2,1-2H3,(H,20,24)/p+1. The van der Waals surface area contributed by atoms with Crippen molar-refractivity contribution in [1.29, 1.82) is 0 Å². The van der Waals surface area contributed by atoms with E-state index in [1.165, 1.54) is 0 Å². The number of likely N-dealkylation sites (N-methyl/N-ethyl adjacent to an activating group) is 1. The van der Waals surface area contributed by atoms with Crippen molar-refractivity contribution in [1.82, 2.24) is 10.2 Å². The van der Waals surface area contributed by atoms with Crippen LogP contribution in [0.15, 0.2) is 63.9 Å². The first-order chi connectivity index (χ1) is 12.7. The third-order valence-corrected chi connectivity index (χ3v) is 4.58. The first-order valence-electron chi connectivity index (χ1n) is 8.27. The predicted molar refractivity (Wildman–Crippen MR) is 102 cm³/mol. The van der Waals surface area contributed by atoms with Crippen molar-refractivity contribution in [2.75, 3.05) is 25.2 Å². The van der Waals surface area contributed by atoms with Gasteiger partial charge in [0.15, 0.2) is 13.1 Å². The quantitative estimate of drug-likeness (QED) is 0.624. The minimum absolute atomic E-state index is 0.0493. The number of rotatable bonds is 7. The number of carbonyl (C=O) groups excluding carboxylic acids is 1. The summed E-state index contributed by atoms with van der Waals surface area (Å²) in [6.45, 7) is 0.795. The van der Waals surface area contributed by atoms with Crippen LogP contribution in [-0.4, -0.2) is 36.0 Å². The van der Waals surface area contributed by atoms with Gasteiger partial charge in [-0.25, -0.2) is 0 Å². The Balaban J connectivity index is 1.56. The van der Waals surface area contributed by atoms with Gasteiger partial charge in [-0.1, -0.05) is 30.3 Å². The number of aromatic nitrogens is 2. The summed E-state index contributed by atoms with van der Waals surface area (Å²) in [5.41, 5.74) is 1.72. The highest BCUT2D eigenvalue weighted by molar-refractivity contribution is 7.98. The number of nitrogens with one attached hydrogen (secondary N) is 2. The van der Waals surface area contributed by atoms with Crippen molar-refractivity contribution in [3.8, 4) is 11.5 Å². The van der Waals surface area contributed by atoms with E-state index in [1.807, 2.05) is 67.9 Å². The number of hydrogen-bond acceptors (Lipinski definition) is 5. The highest BCUT2D eigenvalue weighted by Crippen LogP contribution is 2.24. The molecule has 0 saturated heterocycles. The molecule has 1 aromatic heterocycles. The van der Waals surface area contributed by atoms with E-state index >= 15 is 0 Å². The lowest BCUT2D eigenvalue weighted by atomic mass is 10.2. The molecule has 2 N–H and O–H groups in total. The molecule has 0 bridgehead atoms. The number of thioether (sulfide) groups is 1. The summed E-state index contributed by atoms with van der Waals surface area (Å²) in [5.74, 6) is 0.956. The normalized spacial score (nSPS) is 11.9. The Bertz CT molecular complexity index is 867. The summed E-state index contributed by atoms with van der Waals surface area (Å²) >= 11 is 1.60. The van der Waals surface area contributed by atoms with Gasteiger partial charge in [-0.2, -0.15) is 0 Å². The molecule has 1 heterocycles. The molecule has 0 saturated carbocycles. The molecule has 7 heteroatoms. The fourth-order valence-electron chi connectivity index (χ4n) is 2.56. The second kappa shape index (κ2) is 8.64. The summed E-state index contributed by atoms with van der Waals surface area (Å²) in [6.07, 6.45) is 1.99. The molecule has 134 valence electrons. The van der Waals surface area contributed by atoms with Crippen LogP contribution in [0.5, 0.6) is 0 Å². The van der Waals surface area contributed by atoms with Gasteiger partial charge in [-0.15, -0.1) is 22.0 Å². The van der Waals surface area contributed by atoms with E-state index in [4.69, 9.17) is 4.42 Å². The van der Waals surface area contributed by atoms with Crippen molar-refractivity contribution < 1.29 is 14.1 Å². The maximum Gasteiger partial charge on any atom is 0.279 e. The van der Waals surface area contributed by atoms with Crippen LogP contribution < -0.4 is 10.2 Å². The fourth-order valence-corrected chi connectivity index (χ4v) is 3.11. The molecular formula is C19H21N4O2S+. The van der Waals surface area contributed by atoms with Gasteiger partial charge in [0.1, 0.15) is 0 Å². The smallest absolute Gasteiger partial charge is 0.279 e. The predicted octanol–water partition coefficient (Wildman–Crippen LogP) is 2.11. The number of quaternary nitrogens is 1. The minimum Gasteiger partial charge on any atom is -0.415 e. The molecule has 0 fully saturated rings. The molecule has 3 rings (SSSR count). The first kappa shape index (κ1) is 18.2. The van der Waals surface area contributed by atoms with Gasteiger partial charge in [0.2, 0.25) is 5.89 Å². The zero-order valence-electron chi connectivity index (χ0n) is 14.7. The Morgan fingerprint density at radius 3 is 2.62 bits per heavy atom. The largest absolute Gasteiger partial charge is 0.415 e. The van der Waals surface area contributed by atoms with Gasteiger partial charge in [0.05, 0.1) is 12.7 Å². The molecule has 1 amide bonds. The van der Waals surface area contributed by atoms with Crippen molar-refractivity contribution in [3.63, 3.8) is 0 Å². The van der Waals surface area contributed by atoms with E-state index in [9.17, 15) is 4.79 Å². The minimum atomic E-state index is -0.0493. The molecule has 1 unspecified atom stereocenters. The first-order valence-corrected chi connectivity index (χ1v) is 9.50. The number of amides is 1. The van der Waals surface area contributed by atoms with Gasteiger partial charge < -0.3 is 14.6 Å². The Hall–Kier alpha value is -2.64. The Morgan fingerprint density at radius 1 is 1.12 bits per heavy atom. The molecule has 0 spiro atoms. The molecule has 26 heavy (non-hydrogen) atoms. The molecule has 0 aliphatic heterocycles. The van der Waals surface area contributed by atoms with Gasteiger partial charge >= 0.3 is 0 Å². The van der Waals surface area contributed by atoms with E-state index in [0.717, 1.165) is 21.0 Å². The van der Waals surface area contributed by atoms with Gasteiger partial charge in [-0.3, -0.25) is 4.79 Å². The highest BCUT2D eigenvalue weighted by Gasteiger charge is 2.16. The Labute approximate surface area is 156 Å². The molecule has 6 nitrogen and oxygen atoms in total. The van der Waals surface area contributed by atoms with E-state index in [-0.39, 0.29) is 5.91 Å². The molecular weight excluding hydrogens is 348 g/mol. The second-order valence-electron chi connectivity index (χ2n) is 5.93. The average molecular weight is 369 g/mol. The van der Waals surface area contributed by atoms with Crippen LogP contribution >= 0.6 is 11.8 Å². The number of anilines is 1. The summed E-state index contributed by atoms with van der Waals surface area (Å²) < 4.78 is 5.70. The van der Waals surface area contributed by atoms with Crippen molar-refractivity contribution >= 4 is 23.4 Å². The summed E-state index contributed by atoms with van der Waals surface area (Å²) in [4.78, 5) is 14.3. The zero-order valence-corrected chi connectivity index (χ0v) is 15.5. The van der Waals surface area contributed by atoms with Gasteiger partial charge in [0, 0.05) is 10.5 Å². The van der Waals surface area contributed by atoms with Crippen LogP contribution in [0.4, 0.5) is 5.69 Å². The number of hydrogen-bond donors (Lipinski definition) is 2. The summed E-state index contributed by atoms with van der Waals surface area (Å²) in [7, 11) is 1.92. The lowest BCUT2D eigenvalue weighted by Crippen LogP contribution is -3.08. The van der Waals surface area contributed by atoms with Crippen molar-refractivity contribution in [3.05, 3.63) is 60.5 Å². The molecule has 0 aliphatic carbocycles. The van der Waals surface area contributed by atoms with Crippen molar-refractivity contribution in [2.24, 2.45) is 0 Å². The summed E-state index contributed by atoms with van der Waals surface area (Å²) in [6, 6.07) is 17.4. The third kappa shape index (κ3) is 4.71. The number of carbonyl (C=O) groups is 1. The van der Waals surface area contributed by atoms with E-state index < -0.39 is 0 Å². The molecule has 1 atom stereocenters. The molecule has 0 radical (unpaired) electrons. The van der Waals surface area contributed by atoms with Crippen LogP contribution in [0, 0.1) is 0 Å². The summed E-state index contributed by atoms with van der Waals surface area (Å²) in [5, 5.41) is 11.1. The number of para-hydroxylation sites is 1. The van der Waals surface area contributed by atoms with Gasteiger partial charge in [0.25, 0.3) is 11.8 Å². The zero-order chi connectivity index (χ0) is 18.4. The maximum absolute atomic E-state index is 12.3. The topological polar surface area (TPSA) is 72.5 Å². The second-order valence-corrected chi connectivity index (χ2v) is 6.77. The highest BCUT2D eigenvalue weighted by atomic mass is 32.2. The Morgan fingerprint density at radius 2 is 1.85 bits per heavy atom. The third-order valence-electron chi connectivity index (χ3n) is 3.78. The van der Waals surface area contributed by atoms with Gasteiger partial charge in [-0.05, 0) is 30.5 Å². The van der Waals surface area contributed by atoms with Crippen LogP contribution in [0.1, 0.15) is 5.89 Å². The Kier molecular flexibility index (Phi) is 6.04. The molecule has 3 aromatic rings. The van der Waals surface area contributed by atoms with Crippen LogP contribution in [-0.2, 0) is 11.3 Å². The van der Waals surface area contributed by atoms with Crippen molar-refractivity contribution in [2.45, 2.75) is 11.4 Å². The van der Waals surface area contributed by atoms with E-state index in [1.54, 1.807) is 11.8 Å². The lowest BCUT2D eigenvalue weighted by molar-refractivity contribution is -0.886. The van der Waals surface area contributed by atoms with Crippen LogP contribution in [0.2, 0.25) is 0 Å². The monoisotopic (exact) mass is 369 g/mol. The number of nitrogens with zero attached hydrogens (tertiary/aromatic N) is 2. The van der Waals surface area contributed by atoms with E-state index in [2.05, 4.69) is 15.5 Å². The average Bonchev–Trinajstić information content (AvgIpc) is 3.11. The SMILES string of the molecule is CSc1ccccc1NC(=O)C[NH+](C)Cc1nnc(-c2ccccc2)o1. The van der Waals surface area contributed by atoms with E-state index in [0.29, 0.717) is 24.9 Å².